The molecule has 19 heavy (non-hydrogen) atoms. The molecular formula is C16H24N2O. The van der Waals surface area contributed by atoms with Gasteiger partial charge in [-0.2, -0.15) is 0 Å². The van der Waals surface area contributed by atoms with Gasteiger partial charge in [0.05, 0.1) is 0 Å². The molecule has 1 heterocycles. The Balaban J connectivity index is 1.84. The number of piperidine rings is 1. The van der Waals surface area contributed by atoms with Crippen LogP contribution >= 0.6 is 0 Å². The van der Waals surface area contributed by atoms with Crippen molar-refractivity contribution in [2.45, 2.75) is 39.2 Å². The molecule has 0 aliphatic carbocycles. The van der Waals surface area contributed by atoms with E-state index in [4.69, 9.17) is 0 Å². The van der Waals surface area contributed by atoms with Gasteiger partial charge in [0.1, 0.15) is 0 Å². The number of amides is 1. The number of hydrogen-bond donors (Lipinski definition) is 1. The predicted molar refractivity (Wildman–Crippen MR) is 78.4 cm³/mol. The first-order chi connectivity index (χ1) is 9.18. The van der Waals surface area contributed by atoms with Crippen molar-refractivity contribution in [3.63, 3.8) is 0 Å². The van der Waals surface area contributed by atoms with Crippen LogP contribution in [0.3, 0.4) is 0 Å². The van der Waals surface area contributed by atoms with Crippen molar-refractivity contribution in [2.24, 2.45) is 0 Å². The van der Waals surface area contributed by atoms with Gasteiger partial charge in [0.15, 0.2) is 0 Å². The first-order valence-electron chi connectivity index (χ1n) is 7.26. The fourth-order valence-corrected chi connectivity index (χ4v) is 2.65. The Kier molecular flexibility index (Phi) is 4.97. The molecule has 1 amide bonds. The number of nitrogens with zero attached hydrogens (tertiary/aromatic N) is 1. The molecule has 1 aliphatic rings. The topological polar surface area (TPSA) is 32.3 Å². The number of rotatable bonds is 4. The van der Waals surface area contributed by atoms with Crippen LogP contribution in [0.25, 0.3) is 0 Å². The Morgan fingerprint density at radius 2 is 1.95 bits per heavy atom. The maximum atomic E-state index is 12.1. The summed E-state index contributed by atoms with van der Waals surface area (Å²) in [5.41, 5.74) is 1.82. The summed E-state index contributed by atoms with van der Waals surface area (Å²) in [4.78, 5) is 14.6. The van der Waals surface area contributed by atoms with Crippen LogP contribution in [0.5, 0.6) is 0 Å². The Hall–Kier alpha value is -1.35. The zero-order valence-corrected chi connectivity index (χ0v) is 12.0. The summed E-state index contributed by atoms with van der Waals surface area (Å²) in [6.07, 6.45) is 3.92. The van der Waals surface area contributed by atoms with Crippen molar-refractivity contribution >= 4 is 5.91 Å². The lowest BCUT2D eigenvalue weighted by molar-refractivity contribution is 0.0929. The minimum absolute atomic E-state index is 0.0435. The highest BCUT2D eigenvalue weighted by Crippen LogP contribution is 2.12. The van der Waals surface area contributed by atoms with Gasteiger partial charge in [-0.25, -0.2) is 0 Å². The number of nitrogens with one attached hydrogen (secondary N) is 1. The van der Waals surface area contributed by atoms with E-state index in [9.17, 15) is 4.79 Å². The lowest BCUT2D eigenvalue weighted by Crippen LogP contribution is -2.44. The molecule has 1 fully saturated rings. The molecule has 3 heteroatoms. The zero-order chi connectivity index (χ0) is 13.7. The Morgan fingerprint density at radius 3 is 2.63 bits per heavy atom. The molecule has 0 saturated carbocycles. The predicted octanol–water partition coefficient (Wildman–Crippen LogP) is 2.60. The fourth-order valence-electron chi connectivity index (χ4n) is 2.65. The quantitative estimate of drug-likeness (QED) is 0.902. The number of aryl methyl sites for hydroxylation is 1. The van der Waals surface area contributed by atoms with Crippen LogP contribution in [0.15, 0.2) is 24.3 Å². The summed E-state index contributed by atoms with van der Waals surface area (Å²) in [5.74, 6) is 0.0435. The Morgan fingerprint density at radius 1 is 1.26 bits per heavy atom. The molecule has 1 aliphatic heterocycles. The number of carbonyl (C=O) groups excluding carboxylic acids is 1. The first-order valence-corrected chi connectivity index (χ1v) is 7.26. The Labute approximate surface area is 116 Å². The SMILES string of the molecule is Cc1ccccc1C(=O)NCC(C)N1CCCCC1. The molecule has 1 saturated heterocycles. The van der Waals surface area contributed by atoms with Crippen LogP contribution in [-0.4, -0.2) is 36.5 Å². The van der Waals surface area contributed by atoms with Gasteiger partial charge < -0.3 is 5.32 Å². The van der Waals surface area contributed by atoms with Gasteiger partial charge in [-0.05, 0) is 51.4 Å². The number of hydrogen-bond acceptors (Lipinski definition) is 2. The van der Waals surface area contributed by atoms with Gasteiger partial charge in [0.2, 0.25) is 0 Å². The minimum Gasteiger partial charge on any atom is -0.350 e. The molecule has 0 radical (unpaired) electrons. The second kappa shape index (κ2) is 6.71. The molecule has 104 valence electrons. The average molecular weight is 260 g/mol. The summed E-state index contributed by atoms with van der Waals surface area (Å²) < 4.78 is 0. The van der Waals surface area contributed by atoms with E-state index in [1.807, 2.05) is 31.2 Å². The van der Waals surface area contributed by atoms with Crippen molar-refractivity contribution < 1.29 is 4.79 Å². The van der Waals surface area contributed by atoms with Gasteiger partial charge in [-0.3, -0.25) is 9.69 Å². The summed E-state index contributed by atoms with van der Waals surface area (Å²) in [7, 11) is 0. The molecule has 0 aromatic heterocycles. The van der Waals surface area contributed by atoms with Crippen molar-refractivity contribution in [1.29, 1.82) is 0 Å². The maximum Gasteiger partial charge on any atom is 0.251 e. The highest BCUT2D eigenvalue weighted by molar-refractivity contribution is 5.95. The highest BCUT2D eigenvalue weighted by atomic mass is 16.1. The Bertz CT molecular complexity index is 425. The van der Waals surface area contributed by atoms with Crippen LogP contribution in [0.1, 0.15) is 42.1 Å². The third kappa shape index (κ3) is 3.80. The number of likely N-dealkylation sites (tertiary alicyclic amines) is 1. The van der Waals surface area contributed by atoms with E-state index < -0.39 is 0 Å². The van der Waals surface area contributed by atoms with Crippen molar-refractivity contribution in [3.8, 4) is 0 Å². The average Bonchev–Trinajstić information content (AvgIpc) is 2.46. The van der Waals surface area contributed by atoms with Crippen LogP contribution in [-0.2, 0) is 0 Å². The standard InChI is InChI=1S/C16H24N2O/c1-13-8-4-5-9-15(13)16(19)17-12-14(2)18-10-6-3-7-11-18/h4-5,8-9,14H,3,6-7,10-12H2,1-2H3,(H,17,19). The lowest BCUT2D eigenvalue weighted by Gasteiger charge is -2.32. The molecule has 1 aromatic rings. The largest absolute Gasteiger partial charge is 0.350 e. The highest BCUT2D eigenvalue weighted by Gasteiger charge is 2.17. The first kappa shape index (κ1) is 14.1. The number of carbonyl (C=O) groups is 1. The number of benzene rings is 1. The summed E-state index contributed by atoms with van der Waals surface area (Å²) in [5, 5.41) is 3.06. The minimum atomic E-state index is 0.0435. The van der Waals surface area contributed by atoms with E-state index in [2.05, 4.69) is 17.1 Å². The molecule has 3 nitrogen and oxygen atoms in total. The van der Waals surface area contributed by atoms with Gasteiger partial charge in [-0.1, -0.05) is 24.6 Å². The second-order valence-electron chi connectivity index (χ2n) is 5.47. The summed E-state index contributed by atoms with van der Waals surface area (Å²) in [6, 6.07) is 8.16. The van der Waals surface area contributed by atoms with E-state index >= 15 is 0 Å². The van der Waals surface area contributed by atoms with Crippen molar-refractivity contribution in [1.82, 2.24) is 10.2 Å². The molecule has 2 rings (SSSR count). The monoisotopic (exact) mass is 260 g/mol. The molecular weight excluding hydrogens is 236 g/mol. The van der Waals surface area contributed by atoms with Crippen molar-refractivity contribution in [2.75, 3.05) is 19.6 Å². The van der Waals surface area contributed by atoms with Crippen LogP contribution in [0.4, 0.5) is 0 Å². The third-order valence-corrected chi connectivity index (χ3v) is 3.96. The smallest absolute Gasteiger partial charge is 0.251 e. The van der Waals surface area contributed by atoms with E-state index in [-0.39, 0.29) is 5.91 Å². The van der Waals surface area contributed by atoms with Gasteiger partial charge in [0.25, 0.3) is 5.91 Å². The van der Waals surface area contributed by atoms with Gasteiger partial charge >= 0.3 is 0 Å². The second-order valence-corrected chi connectivity index (χ2v) is 5.47. The van der Waals surface area contributed by atoms with Crippen LogP contribution in [0.2, 0.25) is 0 Å². The summed E-state index contributed by atoms with van der Waals surface area (Å²) >= 11 is 0. The molecule has 0 spiro atoms. The van der Waals surface area contributed by atoms with E-state index in [1.165, 1.54) is 32.4 Å². The van der Waals surface area contributed by atoms with E-state index in [1.54, 1.807) is 0 Å². The third-order valence-electron chi connectivity index (χ3n) is 3.96. The molecule has 1 atom stereocenters. The van der Waals surface area contributed by atoms with Crippen LogP contribution < -0.4 is 5.32 Å². The molecule has 1 N–H and O–H groups in total. The van der Waals surface area contributed by atoms with Gasteiger partial charge in [-0.15, -0.1) is 0 Å². The van der Waals surface area contributed by atoms with E-state index in [0.717, 1.165) is 17.7 Å². The zero-order valence-electron chi connectivity index (χ0n) is 12.0. The van der Waals surface area contributed by atoms with E-state index in [0.29, 0.717) is 6.04 Å². The lowest BCUT2D eigenvalue weighted by atomic mass is 10.1. The van der Waals surface area contributed by atoms with Crippen LogP contribution in [0, 0.1) is 6.92 Å². The van der Waals surface area contributed by atoms with Gasteiger partial charge in [0, 0.05) is 18.2 Å². The molecule has 1 unspecified atom stereocenters. The maximum absolute atomic E-state index is 12.1. The summed E-state index contributed by atoms with van der Waals surface area (Å²) in [6.45, 7) is 7.24. The molecule has 1 aromatic carbocycles. The normalized spacial score (nSPS) is 18.0. The molecule has 0 bridgehead atoms. The fraction of sp³-hybridized carbons (Fsp3) is 0.562. The van der Waals surface area contributed by atoms with Crippen molar-refractivity contribution in [3.05, 3.63) is 35.4 Å².